The van der Waals surface area contributed by atoms with E-state index >= 15 is 0 Å². The second kappa shape index (κ2) is 8.74. The molecule has 1 saturated heterocycles. The molecule has 0 radical (unpaired) electrons. The van der Waals surface area contributed by atoms with Gasteiger partial charge in [-0.05, 0) is 38.1 Å². The molecule has 1 fully saturated rings. The van der Waals surface area contributed by atoms with Gasteiger partial charge in [0.1, 0.15) is 12.4 Å². The minimum Gasteiger partial charge on any atom is -0.452 e. The zero-order chi connectivity index (χ0) is 23.9. The fourth-order valence-electron chi connectivity index (χ4n) is 3.91. The third-order valence-corrected chi connectivity index (χ3v) is 7.56. The number of fused-ring (bicyclic) bond motifs is 2. The Labute approximate surface area is 195 Å². The van der Waals surface area contributed by atoms with E-state index in [1.165, 1.54) is 8.82 Å². The lowest BCUT2D eigenvalue weighted by Crippen LogP contribution is -2.40. The zero-order valence-electron chi connectivity index (χ0n) is 18.7. The van der Waals surface area contributed by atoms with Crippen molar-refractivity contribution in [2.45, 2.75) is 31.9 Å². The smallest absolute Gasteiger partial charge is 0.378 e. The number of imidazole rings is 1. The second-order valence-corrected chi connectivity index (χ2v) is 9.69. The fourth-order valence-corrected chi connectivity index (χ4v) is 5.34. The monoisotopic (exact) mass is 485 g/mol. The van der Waals surface area contributed by atoms with Gasteiger partial charge in [-0.2, -0.15) is 9.29 Å². The van der Waals surface area contributed by atoms with E-state index in [1.807, 2.05) is 18.4 Å². The number of esters is 1. The Kier molecular flexibility index (Phi) is 5.75. The van der Waals surface area contributed by atoms with Crippen LogP contribution in [0.15, 0.2) is 35.4 Å². The summed E-state index contributed by atoms with van der Waals surface area (Å²) in [4.78, 5) is 25.5. The van der Waals surface area contributed by atoms with Crippen LogP contribution < -0.4 is 0 Å². The number of rotatable bonds is 6. The standard InChI is InChI=1S/C21H23N7O5S/c1-3-27-17-5-4-15(34(30,31)26-8-10-32-11-9-26)12-16(17)23-18(27)13-33-20(29)19-24-21-22-7-6-14(2)28(21)25-19/h4-7,12H,3,8-11,13H2,1-2H3. The molecule has 1 aromatic carbocycles. The van der Waals surface area contributed by atoms with Crippen molar-refractivity contribution in [3.63, 3.8) is 0 Å². The van der Waals surface area contributed by atoms with E-state index in [9.17, 15) is 13.2 Å². The van der Waals surface area contributed by atoms with Crippen LogP contribution in [0.2, 0.25) is 0 Å². The minimum atomic E-state index is -3.65. The minimum absolute atomic E-state index is 0.0974. The molecule has 0 saturated carbocycles. The molecule has 0 aliphatic carbocycles. The first-order chi connectivity index (χ1) is 16.4. The van der Waals surface area contributed by atoms with Crippen LogP contribution in [-0.4, -0.2) is 74.1 Å². The van der Waals surface area contributed by atoms with Crippen LogP contribution in [0.3, 0.4) is 0 Å². The number of benzene rings is 1. The summed E-state index contributed by atoms with van der Waals surface area (Å²) in [6.07, 6.45) is 1.59. The fraction of sp³-hybridized carbons (Fsp3) is 0.381. The second-order valence-electron chi connectivity index (χ2n) is 7.75. The lowest BCUT2D eigenvalue weighted by Gasteiger charge is -2.26. The number of carbonyl (C=O) groups is 1. The van der Waals surface area contributed by atoms with Crippen LogP contribution >= 0.6 is 0 Å². The van der Waals surface area contributed by atoms with E-state index in [0.717, 1.165) is 11.2 Å². The lowest BCUT2D eigenvalue weighted by molar-refractivity contribution is 0.0444. The third-order valence-electron chi connectivity index (χ3n) is 5.67. The molecule has 0 N–H and O–H groups in total. The van der Waals surface area contributed by atoms with E-state index < -0.39 is 16.0 Å². The molecule has 178 valence electrons. The maximum Gasteiger partial charge on any atom is 0.378 e. The highest BCUT2D eigenvalue weighted by atomic mass is 32.2. The van der Waals surface area contributed by atoms with E-state index in [2.05, 4.69) is 20.1 Å². The number of sulfonamides is 1. The number of aryl methyl sites for hydroxylation is 2. The zero-order valence-corrected chi connectivity index (χ0v) is 19.5. The molecule has 0 atom stereocenters. The van der Waals surface area contributed by atoms with Gasteiger partial charge in [0.25, 0.3) is 11.6 Å². The Morgan fingerprint density at radius 2 is 1.97 bits per heavy atom. The Balaban J connectivity index is 1.39. The Morgan fingerprint density at radius 1 is 1.18 bits per heavy atom. The molecule has 5 rings (SSSR count). The van der Waals surface area contributed by atoms with E-state index in [0.29, 0.717) is 50.0 Å². The van der Waals surface area contributed by atoms with Gasteiger partial charge in [0.2, 0.25) is 10.0 Å². The summed E-state index contributed by atoms with van der Waals surface area (Å²) in [5.74, 6) is 0.00152. The molecule has 1 aliphatic heterocycles. The maximum absolute atomic E-state index is 13.0. The molecule has 3 aromatic heterocycles. The highest BCUT2D eigenvalue weighted by molar-refractivity contribution is 7.89. The molecule has 0 spiro atoms. The number of hydrogen-bond donors (Lipinski definition) is 0. The van der Waals surface area contributed by atoms with Gasteiger partial charge in [-0.1, -0.05) is 0 Å². The molecule has 1 aliphatic rings. The van der Waals surface area contributed by atoms with E-state index in [1.54, 1.807) is 30.5 Å². The summed E-state index contributed by atoms with van der Waals surface area (Å²) >= 11 is 0. The highest BCUT2D eigenvalue weighted by Crippen LogP contribution is 2.24. The molecule has 4 heterocycles. The van der Waals surface area contributed by atoms with Gasteiger partial charge in [-0.3, -0.25) is 0 Å². The van der Waals surface area contributed by atoms with Gasteiger partial charge in [0, 0.05) is 31.5 Å². The van der Waals surface area contributed by atoms with Crippen molar-refractivity contribution in [2.24, 2.45) is 0 Å². The molecule has 0 unspecified atom stereocenters. The van der Waals surface area contributed by atoms with E-state index in [4.69, 9.17) is 9.47 Å². The largest absolute Gasteiger partial charge is 0.452 e. The molecular weight excluding hydrogens is 462 g/mol. The topological polar surface area (TPSA) is 134 Å². The predicted octanol–water partition coefficient (Wildman–Crippen LogP) is 1.18. The van der Waals surface area contributed by atoms with Gasteiger partial charge in [-0.15, -0.1) is 5.10 Å². The van der Waals surface area contributed by atoms with Gasteiger partial charge in [0.15, 0.2) is 0 Å². The SMILES string of the molecule is CCn1c(COC(=O)c2nc3nccc(C)n3n2)nc2cc(S(=O)(=O)N3CCOCC3)ccc21. The summed E-state index contributed by atoms with van der Waals surface area (Å²) in [6.45, 7) is 5.59. The summed E-state index contributed by atoms with van der Waals surface area (Å²) in [7, 11) is -3.65. The number of nitrogens with zero attached hydrogens (tertiary/aromatic N) is 7. The average Bonchev–Trinajstić information content (AvgIpc) is 3.44. The van der Waals surface area contributed by atoms with Crippen LogP contribution in [0.25, 0.3) is 16.8 Å². The van der Waals surface area contributed by atoms with Crippen molar-refractivity contribution in [2.75, 3.05) is 26.3 Å². The quantitative estimate of drug-likeness (QED) is 0.369. The normalized spacial score (nSPS) is 15.2. The number of carbonyl (C=O) groups excluding carboxylic acids is 1. The number of hydrogen-bond acceptors (Lipinski definition) is 9. The van der Waals surface area contributed by atoms with Crippen molar-refractivity contribution in [1.82, 2.24) is 33.4 Å². The van der Waals surface area contributed by atoms with Crippen LogP contribution in [0, 0.1) is 6.92 Å². The Hall–Kier alpha value is -3.42. The summed E-state index contributed by atoms with van der Waals surface area (Å²) in [6, 6.07) is 6.61. The lowest BCUT2D eigenvalue weighted by atomic mass is 10.3. The van der Waals surface area contributed by atoms with Gasteiger partial charge < -0.3 is 14.0 Å². The van der Waals surface area contributed by atoms with Crippen LogP contribution in [0.4, 0.5) is 0 Å². The Bertz CT molecular complexity index is 1490. The van der Waals surface area contributed by atoms with Crippen molar-refractivity contribution in [1.29, 1.82) is 0 Å². The first-order valence-corrected chi connectivity index (χ1v) is 12.2. The first kappa shape index (κ1) is 22.4. The number of aromatic nitrogens is 6. The third kappa shape index (κ3) is 3.91. The Morgan fingerprint density at radius 3 is 2.71 bits per heavy atom. The molecule has 34 heavy (non-hydrogen) atoms. The molecule has 0 amide bonds. The number of ether oxygens (including phenoxy) is 2. The number of morpholine rings is 1. The highest BCUT2D eigenvalue weighted by Gasteiger charge is 2.27. The van der Waals surface area contributed by atoms with Crippen molar-refractivity contribution in [3.05, 3.63) is 47.8 Å². The van der Waals surface area contributed by atoms with Crippen LogP contribution in [-0.2, 0) is 32.6 Å². The summed E-state index contributed by atoms with van der Waals surface area (Å²) < 4.78 is 41.4. The maximum atomic E-state index is 13.0. The first-order valence-electron chi connectivity index (χ1n) is 10.8. The molecular formula is C21H23N7O5S. The summed E-state index contributed by atoms with van der Waals surface area (Å²) in [5.41, 5.74) is 2.04. The van der Waals surface area contributed by atoms with Crippen molar-refractivity contribution >= 4 is 32.8 Å². The molecule has 12 nitrogen and oxygen atoms in total. The van der Waals surface area contributed by atoms with Crippen molar-refractivity contribution < 1.29 is 22.7 Å². The molecule has 13 heteroatoms. The van der Waals surface area contributed by atoms with Crippen molar-refractivity contribution in [3.8, 4) is 0 Å². The molecule has 4 aromatic rings. The van der Waals surface area contributed by atoms with Gasteiger partial charge in [-0.25, -0.2) is 27.7 Å². The van der Waals surface area contributed by atoms with Gasteiger partial charge >= 0.3 is 5.97 Å². The van der Waals surface area contributed by atoms with Crippen LogP contribution in [0.1, 0.15) is 29.1 Å². The molecule has 0 bridgehead atoms. The average molecular weight is 486 g/mol. The van der Waals surface area contributed by atoms with Crippen LogP contribution in [0.5, 0.6) is 0 Å². The predicted molar refractivity (Wildman–Crippen MR) is 120 cm³/mol. The van der Waals surface area contributed by atoms with E-state index in [-0.39, 0.29) is 17.3 Å². The van der Waals surface area contributed by atoms with Gasteiger partial charge in [0.05, 0.1) is 29.1 Å². The summed E-state index contributed by atoms with van der Waals surface area (Å²) in [5, 5.41) is 4.15.